The normalized spacial score (nSPS) is 14.7. The number of benzene rings is 2. The quantitative estimate of drug-likeness (QED) is 0.549. The molecule has 1 heterocycles. The molecule has 144 valence electrons. The minimum Gasteiger partial charge on any atom is -0.492 e. The molecule has 0 amide bonds. The molecular formula is C22H29N3OS. The number of nitrogens with one attached hydrogen (secondary N) is 1. The molecular weight excluding hydrogens is 354 g/mol. The van der Waals surface area contributed by atoms with E-state index in [9.17, 15) is 0 Å². The van der Waals surface area contributed by atoms with Crippen molar-refractivity contribution in [2.45, 2.75) is 50.9 Å². The van der Waals surface area contributed by atoms with Crippen LogP contribution in [0.3, 0.4) is 0 Å². The van der Waals surface area contributed by atoms with Crippen LogP contribution in [0, 0.1) is 0 Å². The molecule has 1 aliphatic rings. The van der Waals surface area contributed by atoms with Crippen molar-refractivity contribution in [3.8, 4) is 5.75 Å². The molecule has 4 nitrogen and oxygen atoms in total. The zero-order chi connectivity index (χ0) is 19.1. The fraction of sp³-hybridized carbons (Fsp3) is 0.409. The molecule has 1 saturated carbocycles. The predicted octanol–water partition coefficient (Wildman–Crippen LogP) is 5.47. The van der Waals surface area contributed by atoms with E-state index in [0.29, 0.717) is 18.7 Å². The first-order valence-corrected chi connectivity index (χ1v) is 10.5. The molecule has 1 aliphatic carbocycles. The van der Waals surface area contributed by atoms with Crippen LogP contribution >= 0.6 is 11.9 Å². The zero-order valence-corrected chi connectivity index (χ0v) is 17.2. The molecule has 0 aliphatic heterocycles. The maximum atomic E-state index is 5.89. The molecule has 1 aromatic heterocycles. The second-order valence-corrected chi connectivity index (χ2v) is 8.34. The Kier molecular flexibility index (Phi) is 7.18. The van der Waals surface area contributed by atoms with Crippen LogP contribution in [0.2, 0.25) is 0 Å². The SMILES string of the molecule is CC(COc1ccc2c(cnn2C(C)C)c1)NSC1CC1.c1ccccc1. The van der Waals surface area contributed by atoms with Gasteiger partial charge in [-0.05, 0) is 51.8 Å². The van der Waals surface area contributed by atoms with Gasteiger partial charge in [0.1, 0.15) is 12.4 Å². The standard InChI is InChI=1S/C16H23N3OS.C6H6/c1-11(2)19-16-7-4-14(8-13(16)9-17-19)20-10-12(3)18-21-15-5-6-15;1-2-4-6-5-3-1/h4,7-9,11-12,15,18H,5-6,10H2,1-3H3;1-6H. The highest BCUT2D eigenvalue weighted by Gasteiger charge is 2.22. The largest absolute Gasteiger partial charge is 0.492 e. The van der Waals surface area contributed by atoms with Crippen molar-refractivity contribution in [3.63, 3.8) is 0 Å². The van der Waals surface area contributed by atoms with E-state index in [1.54, 1.807) is 0 Å². The number of fused-ring (bicyclic) bond motifs is 1. The summed E-state index contributed by atoms with van der Waals surface area (Å²) in [5, 5.41) is 6.39. The molecule has 1 unspecified atom stereocenters. The second kappa shape index (κ2) is 9.81. The maximum absolute atomic E-state index is 5.89. The summed E-state index contributed by atoms with van der Waals surface area (Å²) in [7, 11) is 0. The van der Waals surface area contributed by atoms with Crippen molar-refractivity contribution in [2.24, 2.45) is 0 Å². The van der Waals surface area contributed by atoms with E-state index < -0.39 is 0 Å². The molecule has 0 spiro atoms. The van der Waals surface area contributed by atoms with Crippen LogP contribution < -0.4 is 9.46 Å². The van der Waals surface area contributed by atoms with Gasteiger partial charge in [-0.3, -0.25) is 9.40 Å². The first kappa shape index (κ1) is 19.8. The third kappa shape index (κ3) is 6.29. The van der Waals surface area contributed by atoms with Crippen molar-refractivity contribution in [1.29, 1.82) is 0 Å². The topological polar surface area (TPSA) is 39.1 Å². The zero-order valence-electron chi connectivity index (χ0n) is 16.3. The third-order valence-electron chi connectivity index (χ3n) is 4.18. The summed E-state index contributed by atoms with van der Waals surface area (Å²) >= 11 is 1.85. The number of hydrogen-bond donors (Lipinski definition) is 1. The maximum Gasteiger partial charge on any atom is 0.120 e. The summed E-state index contributed by atoms with van der Waals surface area (Å²) in [6.07, 6.45) is 4.61. The Hall–Kier alpha value is -1.98. The lowest BCUT2D eigenvalue weighted by Gasteiger charge is -2.14. The Morgan fingerprint density at radius 2 is 1.78 bits per heavy atom. The van der Waals surface area contributed by atoms with Crippen LogP contribution in [-0.2, 0) is 0 Å². The summed E-state index contributed by atoms with van der Waals surface area (Å²) < 4.78 is 11.4. The van der Waals surface area contributed by atoms with E-state index in [1.807, 2.05) is 65.3 Å². The minimum absolute atomic E-state index is 0.352. The van der Waals surface area contributed by atoms with E-state index in [0.717, 1.165) is 21.9 Å². The minimum atomic E-state index is 0.352. The molecule has 4 rings (SSSR count). The molecule has 0 saturated heterocycles. The molecule has 5 heteroatoms. The molecule has 2 aromatic carbocycles. The number of rotatable bonds is 7. The number of hydrogen-bond acceptors (Lipinski definition) is 4. The number of aromatic nitrogens is 2. The average molecular weight is 384 g/mol. The fourth-order valence-electron chi connectivity index (χ4n) is 2.57. The van der Waals surface area contributed by atoms with Gasteiger partial charge in [-0.25, -0.2) is 0 Å². The summed E-state index contributed by atoms with van der Waals surface area (Å²) in [4.78, 5) is 0. The van der Waals surface area contributed by atoms with E-state index in [1.165, 1.54) is 12.8 Å². The summed E-state index contributed by atoms with van der Waals surface area (Å²) in [6, 6.07) is 18.9. The van der Waals surface area contributed by atoms with Crippen LogP contribution in [0.1, 0.15) is 39.7 Å². The Balaban J connectivity index is 0.000000299. The van der Waals surface area contributed by atoms with Crippen molar-refractivity contribution < 1.29 is 4.74 Å². The highest BCUT2D eigenvalue weighted by Crippen LogP contribution is 2.32. The number of ether oxygens (including phenoxy) is 1. The van der Waals surface area contributed by atoms with Gasteiger partial charge in [0, 0.05) is 22.7 Å². The lowest BCUT2D eigenvalue weighted by Crippen LogP contribution is -2.27. The van der Waals surface area contributed by atoms with Gasteiger partial charge >= 0.3 is 0 Å². The Bertz CT molecular complexity index is 788. The van der Waals surface area contributed by atoms with Gasteiger partial charge in [-0.2, -0.15) is 5.10 Å². The van der Waals surface area contributed by atoms with Crippen LogP contribution in [0.15, 0.2) is 60.8 Å². The molecule has 27 heavy (non-hydrogen) atoms. The summed E-state index contributed by atoms with van der Waals surface area (Å²) in [5.41, 5.74) is 1.16. The first-order valence-electron chi connectivity index (χ1n) is 9.64. The average Bonchev–Trinajstić information content (AvgIpc) is 3.43. The van der Waals surface area contributed by atoms with Gasteiger partial charge in [0.15, 0.2) is 0 Å². The van der Waals surface area contributed by atoms with Crippen LogP contribution in [0.5, 0.6) is 5.75 Å². The fourth-order valence-corrected chi connectivity index (χ4v) is 3.44. The van der Waals surface area contributed by atoms with E-state index >= 15 is 0 Å². The lowest BCUT2D eigenvalue weighted by atomic mass is 10.2. The third-order valence-corrected chi connectivity index (χ3v) is 5.53. The highest BCUT2D eigenvalue weighted by molar-refractivity contribution is 7.98. The van der Waals surface area contributed by atoms with Gasteiger partial charge in [0.2, 0.25) is 0 Å². The molecule has 3 aromatic rings. The Labute approximate surface area is 166 Å². The number of nitrogens with zero attached hydrogens (tertiary/aromatic N) is 2. The van der Waals surface area contributed by atoms with Gasteiger partial charge in [0.25, 0.3) is 0 Å². The van der Waals surface area contributed by atoms with Crippen molar-refractivity contribution in [3.05, 3.63) is 60.8 Å². The van der Waals surface area contributed by atoms with Gasteiger partial charge in [-0.15, -0.1) is 0 Å². The Morgan fingerprint density at radius 3 is 2.37 bits per heavy atom. The van der Waals surface area contributed by atoms with Crippen LogP contribution in [0.25, 0.3) is 10.9 Å². The summed E-state index contributed by atoms with van der Waals surface area (Å²) in [6.45, 7) is 7.12. The second-order valence-electron chi connectivity index (χ2n) is 7.21. The highest BCUT2D eigenvalue weighted by atomic mass is 32.2. The van der Waals surface area contributed by atoms with E-state index in [-0.39, 0.29) is 0 Å². The Morgan fingerprint density at radius 1 is 1.11 bits per heavy atom. The summed E-state index contributed by atoms with van der Waals surface area (Å²) in [5.74, 6) is 0.913. The first-order chi connectivity index (χ1) is 13.1. The van der Waals surface area contributed by atoms with Crippen molar-refractivity contribution >= 4 is 22.9 Å². The molecule has 0 bridgehead atoms. The smallest absolute Gasteiger partial charge is 0.120 e. The molecule has 0 radical (unpaired) electrons. The predicted molar refractivity (Wildman–Crippen MR) is 115 cm³/mol. The van der Waals surface area contributed by atoms with Gasteiger partial charge in [-0.1, -0.05) is 48.3 Å². The molecule has 1 N–H and O–H groups in total. The van der Waals surface area contributed by atoms with Gasteiger partial charge < -0.3 is 4.74 Å². The molecule has 1 atom stereocenters. The van der Waals surface area contributed by atoms with Crippen LogP contribution in [0.4, 0.5) is 0 Å². The van der Waals surface area contributed by atoms with Crippen LogP contribution in [-0.4, -0.2) is 27.7 Å². The monoisotopic (exact) mass is 383 g/mol. The van der Waals surface area contributed by atoms with Crippen molar-refractivity contribution in [2.75, 3.05) is 6.61 Å². The van der Waals surface area contributed by atoms with Crippen molar-refractivity contribution in [1.82, 2.24) is 14.5 Å². The van der Waals surface area contributed by atoms with E-state index in [4.69, 9.17) is 4.74 Å². The van der Waals surface area contributed by atoms with Gasteiger partial charge in [0.05, 0.1) is 11.7 Å². The molecule has 1 fully saturated rings. The van der Waals surface area contributed by atoms with E-state index in [2.05, 4.69) is 42.7 Å². The lowest BCUT2D eigenvalue weighted by molar-refractivity contribution is 0.290.